The first-order chi connectivity index (χ1) is 21.3. The van der Waals surface area contributed by atoms with E-state index in [4.69, 9.17) is 28.3 Å². The number of likely N-dealkylation sites (tertiary alicyclic amines) is 1. The van der Waals surface area contributed by atoms with Gasteiger partial charge < -0.3 is 9.67 Å². The molecule has 5 heterocycles. The smallest absolute Gasteiger partial charge is 0.257 e. The van der Waals surface area contributed by atoms with Crippen molar-refractivity contribution in [3.63, 3.8) is 0 Å². The van der Waals surface area contributed by atoms with Gasteiger partial charge in [-0.1, -0.05) is 47.5 Å². The number of aliphatic hydroxyl groups excluding tert-OH is 1. The van der Waals surface area contributed by atoms with Crippen molar-refractivity contribution >= 4 is 56.5 Å². The predicted octanol–water partition coefficient (Wildman–Crippen LogP) is 5.86. The number of imidazole rings is 1. The maximum Gasteiger partial charge on any atom is 0.257 e. The van der Waals surface area contributed by atoms with Crippen LogP contribution < -0.4 is 5.32 Å². The topological polar surface area (TPSA) is 101 Å². The van der Waals surface area contributed by atoms with Gasteiger partial charge in [-0.15, -0.1) is 11.3 Å². The molecule has 1 amide bonds. The highest BCUT2D eigenvalue weighted by molar-refractivity contribution is 7.13. The Kier molecular flexibility index (Phi) is 7.87. The van der Waals surface area contributed by atoms with Crippen molar-refractivity contribution in [3.05, 3.63) is 81.4 Å². The molecule has 0 bridgehead atoms. The van der Waals surface area contributed by atoms with Gasteiger partial charge in [0.15, 0.2) is 11.2 Å². The lowest BCUT2D eigenvalue weighted by atomic mass is 9.87. The zero-order chi connectivity index (χ0) is 30.5. The van der Waals surface area contributed by atoms with E-state index in [1.165, 1.54) is 16.0 Å². The summed E-state index contributed by atoms with van der Waals surface area (Å²) < 4.78 is 32.4. The van der Waals surface area contributed by atoms with Crippen molar-refractivity contribution in [2.24, 2.45) is 0 Å². The molecule has 0 radical (unpaired) electrons. The highest BCUT2D eigenvalue weighted by Crippen LogP contribution is 2.40. The van der Waals surface area contributed by atoms with Gasteiger partial charge in [0.1, 0.15) is 17.9 Å². The first-order valence-electron chi connectivity index (χ1n) is 14.1. The third-order valence-corrected chi connectivity index (χ3v) is 9.79. The molecule has 0 aliphatic carbocycles. The van der Waals surface area contributed by atoms with E-state index >= 15 is 0 Å². The van der Waals surface area contributed by atoms with Crippen LogP contribution in [0.1, 0.15) is 35.3 Å². The second-order valence-electron chi connectivity index (χ2n) is 11.1. The van der Waals surface area contributed by atoms with Crippen molar-refractivity contribution in [2.75, 3.05) is 25.1 Å². The minimum Gasteiger partial charge on any atom is -0.381 e. The summed E-state index contributed by atoms with van der Waals surface area (Å²) in [5, 5.41) is 20.3. The molecule has 14 heteroatoms. The second kappa shape index (κ2) is 11.8. The van der Waals surface area contributed by atoms with Gasteiger partial charge in [0.05, 0.1) is 35.3 Å². The van der Waals surface area contributed by atoms with Crippen molar-refractivity contribution in [2.45, 2.75) is 43.7 Å². The van der Waals surface area contributed by atoms with Gasteiger partial charge in [-0.3, -0.25) is 19.7 Å². The number of hydrogen-bond acceptors (Lipinski definition) is 7. The molecule has 3 aromatic heterocycles. The Labute approximate surface area is 265 Å². The molecule has 0 saturated carbocycles. The summed E-state index contributed by atoms with van der Waals surface area (Å²) in [6.07, 6.45) is 3.39. The summed E-state index contributed by atoms with van der Waals surface area (Å²) in [5.74, 6) is -0.691. The molecule has 7 rings (SSSR count). The number of thiazole rings is 1. The van der Waals surface area contributed by atoms with Crippen LogP contribution in [0.15, 0.2) is 54.4 Å². The molecule has 5 aromatic rings. The van der Waals surface area contributed by atoms with Crippen molar-refractivity contribution in [1.82, 2.24) is 29.2 Å². The zero-order valence-corrected chi connectivity index (χ0v) is 25.5. The van der Waals surface area contributed by atoms with Crippen LogP contribution in [0, 0.1) is 0 Å². The van der Waals surface area contributed by atoms with Crippen LogP contribution >= 0.6 is 34.5 Å². The van der Waals surface area contributed by atoms with Crippen molar-refractivity contribution in [3.8, 4) is 11.1 Å². The number of fused-ring (bicyclic) bond motifs is 2. The normalized spacial score (nSPS) is 21.1. The number of hydrogen-bond donors (Lipinski definition) is 2. The Morgan fingerprint density at radius 3 is 2.73 bits per heavy atom. The Balaban J connectivity index is 1.24. The van der Waals surface area contributed by atoms with E-state index in [9.17, 15) is 18.7 Å². The quantitative estimate of drug-likeness (QED) is 0.227. The highest BCUT2D eigenvalue weighted by Gasteiger charge is 2.35. The van der Waals surface area contributed by atoms with Crippen LogP contribution in [-0.2, 0) is 17.8 Å². The number of halogens is 4. The Morgan fingerprint density at radius 2 is 2.00 bits per heavy atom. The van der Waals surface area contributed by atoms with Gasteiger partial charge in [-0.2, -0.15) is 5.10 Å². The molecule has 2 aliphatic rings. The third-order valence-electron chi connectivity index (χ3n) is 8.40. The van der Waals surface area contributed by atoms with E-state index in [-0.39, 0.29) is 32.2 Å². The molecule has 2 aliphatic heterocycles. The van der Waals surface area contributed by atoms with Crippen LogP contribution in [0.5, 0.6) is 0 Å². The van der Waals surface area contributed by atoms with Gasteiger partial charge in [0.2, 0.25) is 0 Å². The molecule has 4 atom stereocenters. The van der Waals surface area contributed by atoms with Gasteiger partial charge >= 0.3 is 0 Å². The van der Waals surface area contributed by atoms with Gasteiger partial charge in [-0.05, 0) is 23.6 Å². The number of rotatable bonds is 7. The van der Waals surface area contributed by atoms with Crippen molar-refractivity contribution in [1.29, 1.82) is 0 Å². The molecule has 1 saturated heterocycles. The number of benzene rings is 2. The van der Waals surface area contributed by atoms with Gasteiger partial charge in [-0.25, -0.2) is 18.7 Å². The first-order valence-corrected chi connectivity index (χ1v) is 15.8. The first kappa shape index (κ1) is 29.3. The maximum absolute atomic E-state index is 14.9. The number of amides is 1. The summed E-state index contributed by atoms with van der Waals surface area (Å²) in [7, 11) is 0. The molecule has 0 spiro atoms. The number of alkyl halides is 2. The number of anilines is 1. The molecular formula is C30H27Cl2F2N7O2S. The summed E-state index contributed by atoms with van der Waals surface area (Å²) in [5.41, 5.74) is 3.71. The summed E-state index contributed by atoms with van der Waals surface area (Å²) in [6.45, 7) is 0.854. The minimum absolute atomic E-state index is 0.141. The number of aliphatic hydroxyl groups is 1. The lowest BCUT2D eigenvalue weighted by Crippen LogP contribution is -2.41. The standard InChI is InChI=1S/C30H27Cl2F2N7O2S/c31-22-10-20(17-3-1-16(2-4-17)19-5-7-39(15-42)13-23(19)34)25(32)26-21(22)12-41(38-26)28(29(43)37-30-35-6-8-44-30)27-24-9-18(33)11-40(24)14-36-27/h1-4,6,8,10,12,14,18-19,23,28,42H,5,7,9,11,13,15H2,(H,35,37,43)/t18-,19-,23+,28?/m1/s1. The lowest BCUT2D eigenvalue weighted by molar-refractivity contribution is -0.118. The lowest BCUT2D eigenvalue weighted by Gasteiger charge is -2.33. The minimum atomic E-state index is -1.08. The zero-order valence-electron chi connectivity index (χ0n) is 23.2. The van der Waals surface area contributed by atoms with E-state index in [1.54, 1.807) is 39.6 Å². The van der Waals surface area contributed by atoms with Gasteiger partial charge in [0, 0.05) is 59.8 Å². The number of nitrogens with zero attached hydrogens (tertiary/aromatic N) is 6. The number of piperidine rings is 1. The number of carbonyl (C=O) groups excluding carboxylic acids is 1. The van der Waals surface area contributed by atoms with Crippen molar-refractivity contribution < 1.29 is 18.7 Å². The molecule has 2 aromatic carbocycles. The van der Waals surface area contributed by atoms with E-state index in [1.807, 2.05) is 24.3 Å². The van der Waals surface area contributed by atoms with Crippen LogP contribution in [-0.4, -0.2) is 72.4 Å². The number of nitrogens with one attached hydrogen (secondary N) is 1. The molecule has 2 N–H and O–H groups in total. The number of carbonyl (C=O) groups is 1. The maximum atomic E-state index is 14.9. The van der Waals surface area contributed by atoms with Crippen LogP contribution in [0.25, 0.3) is 22.0 Å². The van der Waals surface area contributed by atoms with Crippen LogP contribution in [0.2, 0.25) is 10.0 Å². The Bertz CT molecular complexity index is 1830. The molecule has 1 fully saturated rings. The third kappa shape index (κ3) is 5.28. The monoisotopic (exact) mass is 657 g/mol. The molecule has 228 valence electrons. The number of aromatic nitrogens is 5. The van der Waals surface area contributed by atoms with E-state index in [2.05, 4.69) is 15.3 Å². The fourth-order valence-electron chi connectivity index (χ4n) is 6.19. The SMILES string of the molecule is O=C(Nc1nccs1)C(c1ncn2c1C[C@@H](F)C2)n1cc2c(Cl)cc(-c3ccc([C@H]4CCN(CO)C[C@@H]4F)cc3)c(Cl)c2n1. The average molecular weight is 659 g/mol. The highest BCUT2D eigenvalue weighted by atomic mass is 35.5. The molecule has 44 heavy (non-hydrogen) atoms. The fraction of sp³-hybridized carbons (Fsp3) is 0.333. The average Bonchev–Trinajstić information content (AvgIpc) is 3.82. The van der Waals surface area contributed by atoms with Crippen LogP contribution in [0.4, 0.5) is 13.9 Å². The summed E-state index contributed by atoms with van der Waals surface area (Å²) in [4.78, 5) is 24.0. The Hall–Kier alpha value is -3.42. The Morgan fingerprint density at radius 1 is 1.18 bits per heavy atom. The van der Waals surface area contributed by atoms with Gasteiger partial charge in [0.25, 0.3) is 5.91 Å². The van der Waals surface area contributed by atoms with E-state index < -0.39 is 24.3 Å². The second-order valence-corrected chi connectivity index (χ2v) is 12.8. The van der Waals surface area contributed by atoms with Crippen LogP contribution in [0.3, 0.4) is 0 Å². The largest absolute Gasteiger partial charge is 0.381 e. The fourth-order valence-corrected chi connectivity index (χ4v) is 7.28. The summed E-state index contributed by atoms with van der Waals surface area (Å²) >= 11 is 15.0. The molecular weight excluding hydrogens is 631 g/mol. The van der Waals surface area contributed by atoms with E-state index in [0.29, 0.717) is 56.0 Å². The summed E-state index contributed by atoms with van der Waals surface area (Å²) in [6, 6.07) is 8.26. The van der Waals surface area contributed by atoms with E-state index in [0.717, 1.165) is 11.1 Å². The molecule has 1 unspecified atom stereocenters. The molecule has 9 nitrogen and oxygen atoms in total. The predicted molar refractivity (Wildman–Crippen MR) is 166 cm³/mol.